The minimum absolute atomic E-state index is 0.0843. The summed E-state index contributed by atoms with van der Waals surface area (Å²) >= 11 is 12.0. The standard InChI is InChI=1S/C19H18Cl2N2O3/c1-3-13-4-6-14(7-5-13)19-22-23(12(2)24)18(26-19)11-25-17-9-8-15(20)10-16(17)21/h4-10,18H,3,11H2,1-2H3/t18-/m0/s1. The first-order valence-corrected chi connectivity index (χ1v) is 8.95. The fraction of sp³-hybridized carbons (Fsp3) is 0.263. The first kappa shape index (κ1) is 18.5. The first-order valence-electron chi connectivity index (χ1n) is 8.20. The van der Waals surface area contributed by atoms with Crippen LogP contribution in [0.25, 0.3) is 0 Å². The highest BCUT2D eigenvalue weighted by atomic mass is 35.5. The molecule has 2 aromatic rings. The van der Waals surface area contributed by atoms with Crippen LogP contribution in [0.2, 0.25) is 10.0 Å². The molecular formula is C19H18Cl2N2O3. The molecule has 0 saturated carbocycles. The van der Waals surface area contributed by atoms with E-state index in [1.54, 1.807) is 18.2 Å². The molecule has 2 aromatic carbocycles. The molecule has 0 N–H and O–H groups in total. The maximum absolute atomic E-state index is 11.9. The second-order valence-electron chi connectivity index (χ2n) is 5.78. The Morgan fingerprint density at radius 3 is 2.58 bits per heavy atom. The van der Waals surface area contributed by atoms with Gasteiger partial charge in [-0.1, -0.05) is 42.3 Å². The highest BCUT2D eigenvalue weighted by Gasteiger charge is 2.32. The molecule has 1 atom stereocenters. The Morgan fingerprint density at radius 2 is 1.96 bits per heavy atom. The van der Waals surface area contributed by atoms with Gasteiger partial charge in [-0.25, -0.2) is 0 Å². The lowest BCUT2D eigenvalue weighted by molar-refractivity contribution is -0.136. The molecule has 0 aliphatic carbocycles. The van der Waals surface area contributed by atoms with Crippen molar-refractivity contribution in [1.82, 2.24) is 5.01 Å². The van der Waals surface area contributed by atoms with Gasteiger partial charge in [0, 0.05) is 17.5 Å². The normalized spacial score (nSPS) is 16.2. The largest absolute Gasteiger partial charge is 0.486 e. The Morgan fingerprint density at radius 1 is 1.23 bits per heavy atom. The molecule has 0 saturated heterocycles. The molecule has 26 heavy (non-hydrogen) atoms. The molecule has 1 aliphatic heterocycles. The Hall–Kier alpha value is -2.24. The molecule has 0 radical (unpaired) electrons. The number of hydrazone groups is 1. The van der Waals surface area contributed by atoms with Crippen LogP contribution < -0.4 is 4.74 Å². The molecule has 7 heteroatoms. The van der Waals surface area contributed by atoms with Crippen molar-refractivity contribution in [2.45, 2.75) is 26.5 Å². The van der Waals surface area contributed by atoms with E-state index in [1.807, 2.05) is 24.3 Å². The van der Waals surface area contributed by atoms with Crippen LogP contribution in [0.3, 0.4) is 0 Å². The molecular weight excluding hydrogens is 375 g/mol. The van der Waals surface area contributed by atoms with E-state index >= 15 is 0 Å². The van der Waals surface area contributed by atoms with E-state index in [-0.39, 0.29) is 12.5 Å². The van der Waals surface area contributed by atoms with Gasteiger partial charge in [-0.15, -0.1) is 5.10 Å². The molecule has 0 spiro atoms. The van der Waals surface area contributed by atoms with Crippen molar-refractivity contribution in [3.05, 3.63) is 63.6 Å². The smallest absolute Gasteiger partial charge is 0.243 e. The topological polar surface area (TPSA) is 51.1 Å². The summed E-state index contributed by atoms with van der Waals surface area (Å²) in [6.45, 7) is 3.60. The fourth-order valence-electron chi connectivity index (χ4n) is 2.50. The van der Waals surface area contributed by atoms with Crippen LogP contribution in [-0.2, 0) is 16.0 Å². The second kappa shape index (κ2) is 7.98. The Labute approximate surface area is 162 Å². The van der Waals surface area contributed by atoms with Gasteiger partial charge < -0.3 is 9.47 Å². The van der Waals surface area contributed by atoms with Gasteiger partial charge in [0.25, 0.3) is 0 Å². The van der Waals surface area contributed by atoms with Gasteiger partial charge in [0.2, 0.25) is 18.0 Å². The maximum atomic E-state index is 11.9. The van der Waals surface area contributed by atoms with E-state index < -0.39 is 6.23 Å². The van der Waals surface area contributed by atoms with E-state index in [1.165, 1.54) is 17.5 Å². The van der Waals surface area contributed by atoms with Crippen molar-refractivity contribution in [3.63, 3.8) is 0 Å². The minimum Gasteiger partial charge on any atom is -0.486 e. The van der Waals surface area contributed by atoms with Gasteiger partial charge in [-0.2, -0.15) is 5.01 Å². The number of carbonyl (C=O) groups is 1. The number of nitrogens with zero attached hydrogens (tertiary/aromatic N) is 2. The summed E-state index contributed by atoms with van der Waals surface area (Å²) in [4.78, 5) is 11.9. The van der Waals surface area contributed by atoms with Gasteiger partial charge in [0.05, 0.1) is 5.02 Å². The molecule has 136 valence electrons. The van der Waals surface area contributed by atoms with E-state index in [9.17, 15) is 4.79 Å². The molecule has 5 nitrogen and oxygen atoms in total. The van der Waals surface area contributed by atoms with E-state index in [0.29, 0.717) is 21.7 Å². The van der Waals surface area contributed by atoms with Crippen LogP contribution in [-0.4, -0.2) is 29.6 Å². The Bertz CT molecular complexity index is 837. The quantitative estimate of drug-likeness (QED) is 0.752. The van der Waals surface area contributed by atoms with E-state index in [4.69, 9.17) is 32.7 Å². The zero-order valence-electron chi connectivity index (χ0n) is 14.4. The number of hydrogen-bond donors (Lipinski definition) is 0. The summed E-state index contributed by atoms with van der Waals surface area (Å²) in [6, 6.07) is 12.8. The van der Waals surface area contributed by atoms with Crippen LogP contribution in [0.1, 0.15) is 25.0 Å². The maximum Gasteiger partial charge on any atom is 0.243 e. The highest BCUT2D eigenvalue weighted by molar-refractivity contribution is 6.35. The average Bonchev–Trinajstić information content (AvgIpc) is 3.05. The van der Waals surface area contributed by atoms with Crippen molar-refractivity contribution in [2.75, 3.05) is 6.61 Å². The van der Waals surface area contributed by atoms with Crippen molar-refractivity contribution >= 4 is 35.0 Å². The summed E-state index contributed by atoms with van der Waals surface area (Å²) in [5.74, 6) is 0.614. The molecule has 1 aliphatic rings. The van der Waals surface area contributed by atoms with Crippen LogP contribution in [0.4, 0.5) is 0 Å². The van der Waals surface area contributed by atoms with Crippen LogP contribution >= 0.6 is 23.2 Å². The number of halogens is 2. The van der Waals surface area contributed by atoms with Gasteiger partial charge in [0.1, 0.15) is 12.4 Å². The number of amides is 1. The minimum atomic E-state index is -0.667. The first-order chi connectivity index (χ1) is 12.5. The van der Waals surface area contributed by atoms with Crippen molar-refractivity contribution < 1.29 is 14.3 Å². The van der Waals surface area contributed by atoms with Gasteiger partial charge in [-0.3, -0.25) is 4.79 Å². The summed E-state index contributed by atoms with van der Waals surface area (Å²) < 4.78 is 11.5. The molecule has 0 unspecified atom stereocenters. The van der Waals surface area contributed by atoms with E-state index in [2.05, 4.69) is 12.0 Å². The summed E-state index contributed by atoms with van der Waals surface area (Å²) in [7, 11) is 0. The van der Waals surface area contributed by atoms with Crippen LogP contribution in [0, 0.1) is 0 Å². The molecule has 0 bridgehead atoms. The monoisotopic (exact) mass is 392 g/mol. The SMILES string of the molecule is CCc1ccc(C2=NN(C(C)=O)[C@H](COc3ccc(Cl)cc3Cl)O2)cc1. The number of carbonyl (C=O) groups excluding carboxylic acids is 1. The molecule has 0 aromatic heterocycles. The summed E-state index contributed by atoms with van der Waals surface area (Å²) in [5, 5.41) is 6.47. The predicted octanol–water partition coefficient (Wildman–Crippen LogP) is 4.50. The third-order valence-electron chi connectivity index (χ3n) is 3.93. The molecule has 1 heterocycles. The second-order valence-corrected chi connectivity index (χ2v) is 6.62. The lowest BCUT2D eigenvalue weighted by Gasteiger charge is -2.19. The Balaban J connectivity index is 1.72. The number of rotatable bonds is 5. The zero-order valence-corrected chi connectivity index (χ0v) is 15.9. The predicted molar refractivity (Wildman–Crippen MR) is 102 cm³/mol. The highest BCUT2D eigenvalue weighted by Crippen LogP contribution is 2.28. The number of ether oxygens (including phenoxy) is 2. The van der Waals surface area contributed by atoms with Gasteiger partial charge in [-0.05, 0) is 42.3 Å². The third kappa shape index (κ3) is 4.11. The third-order valence-corrected chi connectivity index (χ3v) is 4.46. The fourth-order valence-corrected chi connectivity index (χ4v) is 2.97. The molecule has 3 rings (SSSR count). The number of hydrogen-bond acceptors (Lipinski definition) is 4. The van der Waals surface area contributed by atoms with Crippen molar-refractivity contribution in [3.8, 4) is 5.75 Å². The average molecular weight is 393 g/mol. The van der Waals surface area contributed by atoms with Gasteiger partial charge >= 0.3 is 0 Å². The molecule has 1 amide bonds. The summed E-state index contributed by atoms with van der Waals surface area (Å²) in [6.07, 6.45) is 0.283. The van der Waals surface area contributed by atoms with Crippen molar-refractivity contribution in [1.29, 1.82) is 0 Å². The summed E-state index contributed by atoms with van der Waals surface area (Å²) in [5.41, 5.74) is 2.02. The van der Waals surface area contributed by atoms with E-state index in [0.717, 1.165) is 12.0 Å². The van der Waals surface area contributed by atoms with Crippen molar-refractivity contribution in [2.24, 2.45) is 5.10 Å². The lowest BCUT2D eigenvalue weighted by Crippen LogP contribution is -2.36. The van der Waals surface area contributed by atoms with Gasteiger partial charge in [0.15, 0.2) is 0 Å². The lowest BCUT2D eigenvalue weighted by atomic mass is 10.1. The molecule has 0 fully saturated rings. The number of benzene rings is 2. The number of aryl methyl sites for hydroxylation is 1. The van der Waals surface area contributed by atoms with Crippen LogP contribution in [0.5, 0.6) is 5.75 Å². The Kier molecular flexibility index (Phi) is 5.69. The zero-order chi connectivity index (χ0) is 18.7. The van der Waals surface area contributed by atoms with Crippen LogP contribution in [0.15, 0.2) is 47.6 Å².